The highest BCUT2D eigenvalue weighted by molar-refractivity contribution is 6.21. The summed E-state index contributed by atoms with van der Waals surface area (Å²) in [5.41, 5.74) is 0.629. The Balaban J connectivity index is 1.62. The molecule has 0 bridgehead atoms. The van der Waals surface area contributed by atoms with E-state index < -0.39 is 24.5 Å². The third-order valence-electron chi connectivity index (χ3n) is 3.14. The van der Waals surface area contributed by atoms with Crippen molar-refractivity contribution in [2.75, 3.05) is 6.73 Å². The van der Waals surface area contributed by atoms with Gasteiger partial charge in [0, 0.05) is 6.08 Å². The number of carbonyl (C=O) groups is 3. The van der Waals surface area contributed by atoms with Gasteiger partial charge in [-0.25, -0.2) is 9.69 Å². The number of hydrogen-bond acceptors (Lipinski definition) is 5. The molecule has 0 N–H and O–H groups in total. The maximum atomic E-state index is 12.0. The lowest BCUT2D eigenvalue weighted by Gasteiger charge is -2.12. The normalized spacial score (nSPS) is 13.7. The van der Waals surface area contributed by atoms with Crippen molar-refractivity contribution in [3.8, 4) is 0 Å². The highest BCUT2D eigenvalue weighted by Crippen LogP contribution is 2.22. The predicted molar refractivity (Wildman–Crippen MR) is 75.6 cm³/mol. The number of ether oxygens (including phenoxy) is 1. The summed E-state index contributed by atoms with van der Waals surface area (Å²) in [6.07, 6.45) is 4.07. The molecule has 2 amide bonds. The van der Waals surface area contributed by atoms with E-state index in [1.165, 1.54) is 12.3 Å². The predicted octanol–water partition coefficient (Wildman–Crippen LogP) is 2.09. The molecule has 6 nitrogen and oxygen atoms in total. The maximum Gasteiger partial charge on any atom is 0.332 e. The van der Waals surface area contributed by atoms with Gasteiger partial charge in [0.05, 0.1) is 17.4 Å². The minimum atomic E-state index is -0.673. The molecule has 1 aliphatic heterocycles. The summed E-state index contributed by atoms with van der Waals surface area (Å²) in [7, 11) is 0. The van der Waals surface area contributed by atoms with Gasteiger partial charge in [0.2, 0.25) is 0 Å². The van der Waals surface area contributed by atoms with E-state index in [0.29, 0.717) is 16.9 Å². The van der Waals surface area contributed by atoms with Crippen LogP contribution in [0.5, 0.6) is 0 Å². The van der Waals surface area contributed by atoms with E-state index in [0.717, 1.165) is 11.0 Å². The Morgan fingerprint density at radius 1 is 1.09 bits per heavy atom. The van der Waals surface area contributed by atoms with Gasteiger partial charge in [-0.1, -0.05) is 12.1 Å². The van der Waals surface area contributed by atoms with E-state index in [1.54, 1.807) is 36.4 Å². The van der Waals surface area contributed by atoms with Crippen molar-refractivity contribution >= 4 is 23.9 Å². The van der Waals surface area contributed by atoms with E-state index in [-0.39, 0.29) is 0 Å². The summed E-state index contributed by atoms with van der Waals surface area (Å²) < 4.78 is 9.94. The van der Waals surface area contributed by atoms with Crippen LogP contribution in [0.3, 0.4) is 0 Å². The Morgan fingerprint density at radius 3 is 2.36 bits per heavy atom. The summed E-state index contributed by atoms with van der Waals surface area (Å²) in [6.45, 7) is -0.423. The molecule has 2 aromatic rings. The van der Waals surface area contributed by atoms with E-state index in [1.807, 2.05) is 0 Å². The van der Waals surface area contributed by atoms with Crippen molar-refractivity contribution in [1.82, 2.24) is 4.90 Å². The molecule has 0 unspecified atom stereocenters. The molecular weight excluding hydrogens is 286 g/mol. The van der Waals surface area contributed by atoms with Crippen LogP contribution in [0, 0.1) is 0 Å². The number of nitrogens with zero attached hydrogens (tertiary/aromatic N) is 1. The molecule has 2 heterocycles. The second-order valence-corrected chi connectivity index (χ2v) is 4.53. The molecule has 0 saturated heterocycles. The highest BCUT2D eigenvalue weighted by atomic mass is 16.5. The van der Waals surface area contributed by atoms with Gasteiger partial charge in [-0.15, -0.1) is 0 Å². The summed E-state index contributed by atoms with van der Waals surface area (Å²) in [5, 5.41) is 0. The lowest BCUT2D eigenvalue weighted by atomic mass is 10.1. The van der Waals surface area contributed by atoms with E-state index >= 15 is 0 Å². The van der Waals surface area contributed by atoms with E-state index in [4.69, 9.17) is 9.15 Å². The Labute approximate surface area is 125 Å². The van der Waals surface area contributed by atoms with Gasteiger partial charge in [-0.3, -0.25) is 9.59 Å². The number of imide groups is 1. The molecule has 3 rings (SSSR count). The van der Waals surface area contributed by atoms with E-state index in [2.05, 4.69) is 0 Å². The molecule has 1 aliphatic rings. The molecular formula is C16H11NO5. The van der Waals surface area contributed by atoms with Gasteiger partial charge in [-0.2, -0.15) is 0 Å². The summed E-state index contributed by atoms with van der Waals surface area (Å²) >= 11 is 0. The average molecular weight is 297 g/mol. The number of amides is 2. The largest absolute Gasteiger partial charge is 0.465 e. The topological polar surface area (TPSA) is 76.8 Å². The van der Waals surface area contributed by atoms with Crippen molar-refractivity contribution in [2.45, 2.75) is 0 Å². The molecule has 0 atom stereocenters. The van der Waals surface area contributed by atoms with Crippen molar-refractivity contribution in [3.63, 3.8) is 0 Å². The third kappa shape index (κ3) is 2.54. The number of furan rings is 1. The van der Waals surface area contributed by atoms with Crippen LogP contribution in [0.4, 0.5) is 0 Å². The first-order valence-electron chi connectivity index (χ1n) is 6.50. The number of carbonyl (C=O) groups excluding carboxylic acids is 3. The Kier molecular flexibility index (Phi) is 3.57. The first kappa shape index (κ1) is 13.8. The van der Waals surface area contributed by atoms with Crippen LogP contribution in [0.1, 0.15) is 26.5 Å². The molecule has 0 radical (unpaired) electrons. The van der Waals surface area contributed by atoms with Crippen LogP contribution in [0.2, 0.25) is 0 Å². The molecule has 22 heavy (non-hydrogen) atoms. The van der Waals surface area contributed by atoms with Gasteiger partial charge in [0.15, 0.2) is 6.73 Å². The van der Waals surface area contributed by atoms with Crippen LogP contribution < -0.4 is 0 Å². The fraction of sp³-hybridized carbons (Fsp3) is 0.0625. The first-order valence-corrected chi connectivity index (χ1v) is 6.50. The number of benzene rings is 1. The molecule has 1 aromatic heterocycles. The zero-order chi connectivity index (χ0) is 15.5. The number of fused-ring (bicyclic) bond motifs is 1. The number of hydrogen-bond donors (Lipinski definition) is 0. The van der Waals surface area contributed by atoms with Crippen LogP contribution in [-0.2, 0) is 9.53 Å². The highest BCUT2D eigenvalue weighted by Gasteiger charge is 2.35. The Morgan fingerprint density at radius 2 is 1.77 bits per heavy atom. The lowest BCUT2D eigenvalue weighted by molar-refractivity contribution is -0.140. The van der Waals surface area contributed by atoms with E-state index in [9.17, 15) is 14.4 Å². The van der Waals surface area contributed by atoms with Crippen molar-refractivity contribution in [3.05, 3.63) is 65.6 Å². The van der Waals surface area contributed by atoms with Crippen LogP contribution in [0.25, 0.3) is 6.08 Å². The van der Waals surface area contributed by atoms with Crippen LogP contribution >= 0.6 is 0 Å². The SMILES string of the molecule is O=C(/C=C/c1ccco1)OCN1C(=O)c2ccccc2C1=O. The number of esters is 1. The average Bonchev–Trinajstić information content (AvgIpc) is 3.13. The fourth-order valence-electron chi connectivity index (χ4n) is 2.07. The minimum Gasteiger partial charge on any atom is -0.465 e. The smallest absolute Gasteiger partial charge is 0.332 e. The van der Waals surface area contributed by atoms with Crippen molar-refractivity contribution in [2.24, 2.45) is 0 Å². The second-order valence-electron chi connectivity index (χ2n) is 4.53. The monoisotopic (exact) mass is 297 g/mol. The van der Waals surface area contributed by atoms with Gasteiger partial charge in [-0.05, 0) is 30.3 Å². The van der Waals surface area contributed by atoms with Crippen LogP contribution in [0.15, 0.2) is 53.2 Å². The molecule has 0 saturated carbocycles. The van der Waals surface area contributed by atoms with Crippen molar-refractivity contribution < 1.29 is 23.5 Å². The van der Waals surface area contributed by atoms with Crippen molar-refractivity contribution in [1.29, 1.82) is 0 Å². The minimum absolute atomic E-state index is 0.315. The number of rotatable bonds is 4. The molecule has 1 aromatic carbocycles. The summed E-state index contributed by atoms with van der Waals surface area (Å²) in [6, 6.07) is 9.83. The standard InChI is InChI=1S/C16H11NO5/c18-14(8-7-11-4-3-9-21-11)22-10-17-15(19)12-5-1-2-6-13(12)16(17)20/h1-9H,10H2/b8-7+. The van der Waals surface area contributed by atoms with Gasteiger partial charge < -0.3 is 9.15 Å². The second kappa shape index (κ2) is 5.69. The van der Waals surface area contributed by atoms with Gasteiger partial charge in [0.25, 0.3) is 11.8 Å². The third-order valence-corrected chi connectivity index (χ3v) is 3.14. The first-order chi connectivity index (χ1) is 10.7. The molecule has 110 valence electrons. The summed E-state index contributed by atoms with van der Waals surface area (Å²) in [4.78, 5) is 36.6. The quantitative estimate of drug-likeness (QED) is 0.490. The van der Waals surface area contributed by atoms with Gasteiger partial charge >= 0.3 is 5.97 Å². The fourth-order valence-corrected chi connectivity index (χ4v) is 2.07. The lowest BCUT2D eigenvalue weighted by Crippen LogP contribution is -2.32. The molecule has 0 fully saturated rings. The molecule has 6 heteroatoms. The molecule has 0 aliphatic carbocycles. The maximum absolute atomic E-state index is 12.0. The Bertz CT molecular complexity index is 726. The molecule has 0 spiro atoms. The van der Waals surface area contributed by atoms with Crippen LogP contribution in [-0.4, -0.2) is 29.4 Å². The summed E-state index contributed by atoms with van der Waals surface area (Å²) in [5.74, 6) is -1.11. The van der Waals surface area contributed by atoms with Gasteiger partial charge in [0.1, 0.15) is 5.76 Å². The zero-order valence-corrected chi connectivity index (χ0v) is 11.4. The zero-order valence-electron chi connectivity index (χ0n) is 11.4. The Hall–Kier alpha value is -3.15.